The van der Waals surface area contributed by atoms with Crippen molar-refractivity contribution in [2.24, 2.45) is 0 Å². The van der Waals surface area contributed by atoms with Gasteiger partial charge in [0.2, 0.25) is 0 Å². The van der Waals surface area contributed by atoms with Crippen molar-refractivity contribution < 1.29 is 13.2 Å². The number of benzene rings is 4. The van der Waals surface area contributed by atoms with Crippen molar-refractivity contribution in [2.45, 2.75) is 12.7 Å². The topological polar surface area (TPSA) is 4.93 Å². The summed E-state index contributed by atoms with van der Waals surface area (Å²) in [6, 6.07) is 33.7. The molecule has 5 aromatic rings. The molecule has 1 aromatic heterocycles. The lowest BCUT2D eigenvalue weighted by molar-refractivity contribution is -0.137. The zero-order valence-electron chi connectivity index (χ0n) is 17.2. The van der Waals surface area contributed by atoms with E-state index in [1.807, 2.05) is 60.7 Å². The van der Waals surface area contributed by atoms with Crippen LogP contribution < -0.4 is 0 Å². The van der Waals surface area contributed by atoms with Crippen LogP contribution in [0.15, 0.2) is 109 Å². The highest BCUT2D eigenvalue weighted by Crippen LogP contribution is 2.42. The highest BCUT2D eigenvalue weighted by atomic mass is 19.4. The molecule has 0 unspecified atom stereocenters. The van der Waals surface area contributed by atoms with Gasteiger partial charge in [-0.15, -0.1) is 0 Å². The lowest BCUT2D eigenvalue weighted by Gasteiger charge is -2.14. The number of aromatic nitrogens is 1. The fourth-order valence-electron chi connectivity index (χ4n) is 4.25. The van der Waals surface area contributed by atoms with Gasteiger partial charge in [0.15, 0.2) is 0 Å². The van der Waals surface area contributed by atoms with Crippen molar-refractivity contribution in [3.05, 3.63) is 120 Å². The van der Waals surface area contributed by atoms with Crippen LogP contribution in [-0.4, -0.2) is 4.57 Å². The van der Waals surface area contributed by atoms with Crippen molar-refractivity contribution in [3.63, 3.8) is 0 Å². The van der Waals surface area contributed by atoms with Crippen LogP contribution >= 0.6 is 0 Å². The van der Waals surface area contributed by atoms with Crippen LogP contribution in [-0.2, 0) is 12.7 Å². The average molecular weight is 427 g/mol. The first-order valence-electron chi connectivity index (χ1n) is 10.4. The van der Waals surface area contributed by atoms with Crippen LogP contribution in [0, 0.1) is 0 Å². The Labute approximate surface area is 184 Å². The first-order valence-corrected chi connectivity index (χ1v) is 10.4. The summed E-state index contributed by atoms with van der Waals surface area (Å²) >= 11 is 0. The molecule has 0 fully saturated rings. The third kappa shape index (κ3) is 3.69. The third-order valence-corrected chi connectivity index (χ3v) is 5.70. The van der Waals surface area contributed by atoms with Gasteiger partial charge < -0.3 is 4.57 Å². The molecule has 0 atom stereocenters. The second-order valence-electron chi connectivity index (χ2n) is 7.75. The van der Waals surface area contributed by atoms with E-state index in [1.165, 1.54) is 0 Å². The molecule has 4 heteroatoms. The molecule has 0 radical (unpaired) electrons. The van der Waals surface area contributed by atoms with Gasteiger partial charge in [-0.05, 0) is 34.9 Å². The van der Waals surface area contributed by atoms with Crippen molar-refractivity contribution in [3.8, 4) is 22.4 Å². The molecule has 0 saturated carbocycles. The van der Waals surface area contributed by atoms with Crippen LogP contribution in [0.4, 0.5) is 13.2 Å². The number of fused-ring (bicyclic) bond motifs is 1. The quantitative estimate of drug-likeness (QED) is 0.273. The van der Waals surface area contributed by atoms with Crippen LogP contribution in [0.1, 0.15) is 11.1 Å². The minimum atomic E-state index is -4.36. The third-order valence-electron chi connectivity index (χ3n) is 5.70. The molecule has 5 rings (SSSR count). The van der Waals surface area contributed by atoms with Gasteiger partial charge in [-0.1, -0.05) is 91.0 Å². The molecule has 0 spiro atoms. The average Bonchev–Trinajstić information content (AvgIpc) is 3.14. The van der Waals surface area contributed by atoms with Crippen molar-refractivity contribution in [2.75, 3.05) is 0 Å². The summed E-state index contributed by atoms with van der Waals surface area (Å²) in [5.41, 5.74) is 5.25. The van der Waals surface area contributed by atoms with Gasteiger partial charge in [0, 0.05) is 23.0 Å². The molecule has 0 amide bonds. The fraction of sp³-hybridized carbons (Fsp3) is 0.0714. The van der Waals surface area contributed by atoms with Gasteiger partial charge >= 0.3 is 6.18 Å². The normalized spacial score (nSPS) is 11.7. The molecule has 0 N–H and O–H groups in total. The molecule has 0 aliphatic carbocycles. The molecule has 0 saturated heterocycles. The summed E-state index contributed by atoms with van der Waals surface area (Å²) in [4.78, 5) is 0. The van der Waals surface area contributed by atoms with Crippen LogP contribution in [0.5, 0.6) is 0 Å². The molecule has 0 bridgehead atoms. The molecular formula is C28H20F3N. The largest absolute Gasteiger partial charge is 0.416 e. The van der Waals surface area contributed by atoms with Crippen molar-refractivity contribution >= 4 is 10.9 Å². The Kier molecular flexibility index (Phi) is 5.06. The molecule has 4 aromatic carbocycles. The first-order chi connectivity index (χ1) is 15.5. The van der Waals surface area contributed by atoms with E-state index in [4.69, 9.17) is 0 Å². The monoisotopic (exact) mass is 427 g/mol. The summed E-state index contributed by atoms with van der Waals surface area (Å²) in [7, 11) is 0. The summed E-state index contributed by atoms with van der Waals surface area (Å²) < 4.78 is 41.8. The van der Waals surface area contributed by atoms with E-state index in [1.54, 1.807) is 12.1 Å². The number of hydrogen-bond donors (Lipinski definition) is 0. The van der Waals surface area contributed by atoms with Gasteiger partial charge in [-0.25, -0.2) is 0 Å². The van der Waals surface area contributed by atoms with Gasteiger partial charge in [0.25, 0.3) is 0 Å². The van der Waals surface area contributed by atoms with Crippen LogP contribution in [0.25, 0.3) is 33.3 Å². The maximum atomic E-state index is 13.2. The molecule has 32 heavy (non-hydrogen) atoms. The minimum absolute atomic E-state index is 0.616. The number of para-hydroxylation sites is 1. The van der Waals surface area contributed by atoms with Crippen molar-refractivity contribution in [1.29, 1.82) is 0 Å². The highest BCUT2D eigenvalue weighted by molar-refractivity contribution is 6.04. The number of hydrogen-bond acceptors (Lipinski definition) is 0. The van der Waals surface area contributed by atoms with E-state index in [9.17, 15) is 13.2 Å². The van der Waals surface area contributed by atoms with E-state index in [0.717, 1.165) is 51.0 Å². The predicted octanol–water partition coefficient (Wildman–Crippen LogP) is 8.04. The lowest BCUT2D eigenvalue weighted by Crippen LogP contribution is -2.05. The lowest BCUT2D eigenvalue weighted by atomic mass is 9.97. The van der Waals surface area contributed by atoms with Gasteiger partial charge in [0.05, 0.1) is 11.3 Å². The van der Waals surface area contributed by atoms with Crippen LogP contribution in [0.2, 0.25) is 0 Å². The minimum Gasteiger partial charge on any atom is -0.335 e. The number of alkyl halides is 3. The first kappa shape index (κ1) is 20.1. The smallest absolute Gasteiger partial charge is 0.335 e. The number of nitrogens with zero attached hydrogens (tertiary/aromatic N) is 1. The standard InChI is InChI=1S/C28H20F3N/c29-28(30,31)23-17-15-22(16-18-23)27-26(21-11-5-2-6-12-21)24-13-7-8-14-25(24)32(27)19-20-9-3-1-4-10-20/h1-18H,19H2. The SMILES string of the molecule is FC(F)(F)c1ccc(-c2c(-c3ccccc3)c3ccccc3n2Cc2ccccc2)cc1. The summed E-state index contributed by atoms with van der Waals surface area (Å²) in [5, 5.41) is 1.07. The molecule has 158 valence electrons. The summed E-state index contributed by atoms with van der Waals surface area (Å²) in [6.07, 6.45) is -4.36. The molecule has 0 aliphatic heterocycles. The Morgan fingerprint density at radius 2 is 1.19 bits per heavy atom. The van der Waals surface area contributed by atoms with E-state index < -0.39 is 11.7 Å². The zero-order valence-corrected chi connectivity index (χ0v) is 17.2. The van der Waals surface area contributed by atoms with Gasteiger partial charge in [-0.2, -0.15) is 13.2 Å². The fourth-order valence-corrected chi connectivity index (χ4v) is 4.25. The maximum Gasteiger partial charge on any atom is 0.416 e. The van der Waals surface area contributed by atoms with E-state index >= 15 is 0 Å². The van der Waals surface area contributed by atoms with Crippen LogP contribution in [0.3, 0.4) is 0 Å². The second kappa shape index (κ2) is 8.04. The van der Waals surface area contributed by atoms with Crippen molar-refractivity contribution in [1.82, 2.24) is 4.57 Å². The van der Waals surface area contributed by atoms with E-state index in [0.29, 0.717) is 6.54 Å². The Bertz CT molecular complexity index is 1350. The molecule has 1 heterocycles. The molecule has 1 nitrogen and oxygen atoms in total. The Morgan fingerprint density at radius 3 is 1.84 bits per heavy atom. The summed E-state index contributed by atoms with van der Waals surface area (Å²) in [5.74, 6) is 0. The maximum absolute atomic E-state index is 13.2. The number of halogens is 3. The summed E-state index contributed by atoms with van der Waals surface area (Å²) in [6.45, 7) is 0.616. The molecular weight excluding hydrogens is 407 g/mol. The Balaban J connectivity index is 1.80. The van der Waals surface area contributed by atoms with Gasteiger partial charge in [0.1, 0.15) is 0 Å². The van der Waals surface area contributed by atoms with E-state index in [2.05, 4.69) is 28.8 Å². The Morgan fingerprint density at radius 1 is 0.594 bits per heavy atom. The van der Waals surface area contributed by atoms with Gasteiger partial charge in [-0.3, -0.25) is 0 Å². The molecule has 0 aliphatic rings. The Hall–Kier alpha value is -3.79. The predicted molar refractivity (Wildman–Crippen MR) is 123 cm³/mol. The number of rotatable bonds is 4. The second-order valence-corrected chi connectivity index (χ2v) is 7.75. The zero-order chi connectivity index (χ0) is 22.1. The highest BCUT2D eigenvalue weighted by Gasteiger charge is 2.30. The van der Waals surface area contributed by atoms with E-state index in [-0.39, 0.29) is 0 Å².